The van der Waals surface area contributed by atoms with Crippen LogP contribution in [-0.4, -0.2) is 26.0 Å². The molecular weight excluding hydrogens is 460 g/mol. The zero-order valence-electron chi connectivity index (χ0n) is 20.0. The lowest BCUT2D eigenvalue weighted by atomic mass is 10.1. The van der Waals surface area contributed by atoms with Crippen LogP contribution in [0.1, 0.15) is 21.5 Å². The number of hydrogen-bond acceptors (Lipinski definition) is 6. The number of nitrogens with one attached hydrogen (secondary N) is 2. The molecule has 0 fully saturated rings. The molecule has 0 aliphatic heterocycles. The van der Waals surface area contributed by atoms with Crippen LogP contribution in [0.2, 0.25) is 0 Å². The molecule has 3 aromatic carbocycles. The first-order valence-corrected chi connectivity index (χ1v) is 11.0. The minimum Gasteiger partial charge on any atom is -0.494 e. The summed E-state index contributed by atoms with van der Waals surface area (Å²) >= 11 is 0. The summed E-state index contributed by atoms with van der Waals surface area (Å²) in [5.41, 5.74) is 2.59. The van der Waals surface area contributed by atoms with Crippen LogP contribution >= 0.6 is 0 Å². The summed E-state index contributed by atoms with van der Waals surface area (Å²) in [6, 6.07) is 17.2. The molecule has 0 unspecified atom stereocenters. The monoisotopic (exact) mass is 484 g/mol. The Morgan fingerprint density at radius 2 is 1.56 bits per heavy atom. The van der Waals surface area contributed by atoms with Gasteiger partial charge in [0, 0.05) is 23.8 Å². The molecular formula is C28H24N2O6. The summed E-state index contributed by atoms with van der Waals surface area (Å²) in [5.74, 6) is -0.188. The molecule has 0 saturated heterocycles. The van der Waals surface area contributed by atoms with Gasteiger partial charge >= 0.3 is 0 Å². The maximum absolute atomic E-state index is 12.7. The van der Waals surface area contributed by atoms with E-state index in [1.807, 2.05) is 19.1 Å². The van der Waals surface area contributed by atoms with Crippen molar-refractivity contribution in [1.29, 1.82) is 0 Å². The normalized spacial score (nSPS) is 10.9. The van der Waals surface area contributed by atoms with E-state index in [0.717, 1.165) is 5.56 Å². The van der Waals surface area contributed by atoms with Gasteiger partial charge in [0.25, 0.3) is 5.91 Å². The van der Waals surface area contributed by atoms with Gasteiger partial charge in [-0.15, -0.1) is 0 Å². The number of rotatable bonds is 7. The number of fused-ring (bicyclic) bond motifs is 1. The van der Waals surface area contributed by atoms with Gasteiger partial charge in [-0.05, 0) is 37.3 Å². The number of benzene rings is 3. The molecule has 8 heteroatoms. The zero-order chi connectivity index (χ0) is 25.7. The Balaban J connectivity index is 1.55. The van der Waals surface area contributed by atoms with E-state index in [2.05, 4.69) is 10.6 Å². The quantitative estimate of drug-likeness (QED) is 0.357. The first-order valence-electron chi connectivity index (χ1n) is 11.0. The highest BCUT2D eigenvalue weighted by Crippen LogP contribution is 2.36. The molecule has 182 valence electrons. The molecule has 2 N–H and O–H groups in total. The number of hydrogen-bond donors (Lipinski definition) is 2. The molecule has 36 heavy (non-hydrogen) atoms. The van der Waals surface area contributed by atoms with Gasteiger partial charge in [-0.2, -0.15) is 0 Å². The molecule has 0 bridgehead atoms. The highest BCUT2D eigenvalue weighted by atomic mass is 16.5. The van der Waals surface area contributed by atoms with Gasteiger partial charge < -0.3 is 24.5 Å². The fraction of sp³-hybridized carbons (Fsp3) is 0.107. The minimum absolute atomic E-state index is 0.234. The molecule has 0 aliphatic rings. The second-order valence-electron chi connectivity index (χ2n) is 7.92. The predicted molar refractivity (Wildman–Crippen MR) is 139 cm³/mol. The summed E-state index contributed by atoms with van der Waals surface area (Å²) < 4.78 is 16.3. The summed E-state index contributed by atoms with van der Waals surface area (Å²) in [4.78, 5) is 38.0. The van der Waals surface area contributed by atoms with Crippen LogP contribution in [0, 0.1) is 6.92 Å². The third-order valence-corrected chi connectivity index (χ3v) is 5.43. The molecule has 4 rings (SSSR count). The first-order chi connectivity index (χ1) is 17.4. The van der Waals surface area contributed by atoms with Gasteiger partial charge in [-0.1, -0.05) is 29.8 Å². The van der Waals surface area contributed by atoms with Crippen LogP contribution in [0.15, 0.2) is 82.2 Å². The molecule has 0 radical (unpaired) electrons. The number of ether oxygens (including phenoxy) is 2. The Hall–Kier alpha value is -4.85. The zero-order valence-corrected chi connectivity index (χ0v) is 20.0. The van der Waals surface area contributed by atoms with Crippen molar-refractivity contribution in [2.45, 2.75) is 6.92 Å². The van der Waals surface area contributed by atoms with E-state index in [1.165, 1.54) is 32.6 Å². The van der Waals surface area contributed by atoms with Crippen molar-refractivity contribution < 1.29 is 23.5 Å². The third kappa shape index (κ3) is 5.28. The lowest BCUT2D eigenvalue weighted by molar-refractivity contribution is -0.111. The van der Waals surface area contributed by atoms with E-state index in [0.29, 0.717) is 39.4 Å². The van der Waals surface area contributed by atoms with Crippen LogP contribution in [0.3, 0.4) is 0 Å². The van der Waals surface area contributed by atoms with Crippen molar-refractivity contribution in [2.24, 2.45) is 0 Å². The van der Waals surface area contributed by atoms with Crippen molar-refractivity contribution in [2.75, 3.05) is 24.9 Å². The number of aryl methyl sites for hydroxylation is 1. The fourth-order valence-electron chi connectivity index (χ4n) is 3.59. The van der Waals surface area contributed by atoms with Crippen LogP contribution in [0.4, 0.5) is 11.4 Å². The minimum atomic E-state index is -0.500. The number of amides is 2. The first kappa shape index (κ1) is 24.3. The summed E-state index contributed by atoms with van der Waals surface area (Å²) in [7, 11) is 2.89. The third-order valence-electron chi connectivity index (χ3n) is 5.43. The van der Waals surface area contributed by atoms with Crippen molar-refractivity contribution in [3.8, 4) is 11.5 Å². The second kappa shape index (κ2) is 10.6. The van der Waals surface area contributed by atoms with Gasteiger partial charge in [0.15, 0.2) is 5.43 Å². The summed E-state index contributed by atoms with van der Waals surface area (Å²) in [6.45, 7) is 1.88. The number of carbonyl (C=O) groups is 2. The highest BCUT2D eigenvalue weighted by Gasteiger charge is 2.16. The average Bonchev–Trinajstić information content (AvgIpc) is 2.89. The van der Waals surface area contributed by atoms with E-state index in [9.17, 15) is 14.4 Å². The van der Waals surface area contributed by atoms with E-state index in [1.54, 1.807) is 48.5 Å². The van der Waals surface area contributed by atoms with Gasteiger partial charge in [0.1, 0.15) is 23.3 Å². The molecule has 8 nitrogen and oxygen atoms in total. The highest BCUT2D eigenvalue weighted by molar-refractivity contribution is 6.06. The van der Waals surface area contributed by atoms with Crippen molar-refractivity contribution in [3.05, 3.63) is 99.9 Å². The van der Waals surface area contributed by atoms with Crippen LogP contribution in [0.5, 0.6) is 11.5 Å². The molecule has 2 amide bonds. The molecule has 0 saturated carbocycles. The predicted octanol–water partition coefficient (Wildman–Crippen LogP) is 5.02. The van der Waals surface area contributed by atoms with Gasteiger partial charge in [0.05, 0.1) is 36.5 Å². The Morgan fingerprint density at radius 3 is 2.22 bits per heavy atom. The number of methoxy groups -OCH3 is 2. The standard InChI is InChI=1S/C28H24N2O6/c1-17-9-11-23-20(13-17)27(32)19(16-36-23)10-12-26(31)29-21-14-25(35-3)22(15-24(21)34-2)30-28(33)18-7-5-4-6-8-18/h4-16H,1-3H3,(H,29,31)(H,30,33)/b12-10+. The lowest BCUT2D eigenvalue weighted by Gasteiger charge is -2.16. The Morgan fingerprint density at radius 1 is 0.889 bits per heavy atom. The van der Waals surface area contributed by atoms with Gasteiger partial charge in [0.2, 0.25) is 5.91 Å². The number of anilines is 2. The topological polar surface area (TPSA) is 107 Å². The molecule has 0 spiro atoms. The maximum atomic E-state index is 12.7. The van der Waals surface area contributed by atoms with Gasteiger partial charge in [-0.25, -0.2) is 0 Å². The Kier molecular flexibility index (Phi) is 7.15. The maximum Gasteiger partial charge on any atom is 0.255 e. The van der Waals surface area contributed by atoms with Crippen molar-refractivity contribution in [1.82, 2.24) is 0 Å². The van der Waals surface area contributed by atoms with Gasteiger partial charge in [-0.3, -0.25) is 14.4 Å². The van der Waals surface area contributed by atoms with E-state index < -0.39 is 5.91 Å². The van der Waals surface area contributed by atoms with Crippen LogP contribution in [-0.2, 0) is 4.79 Å². The van der Waals surface area contributed by atoms with Crippen molar-refractivity contribution in [3.63, 3.8) is 0 Å². The van der Waals surface area contributed by atoms with Crippen LogP contribution in [0.25, 0.3) is 17.0 Å². The smallest absolute Gasteiger partial charge is 0.255 e. The molecule has 0 atom stereocenters. The summed E-state index contributed by atoms with van der Waals surface area (Å²) in [5, 5.41) is 5.94. The summed E-state index contributed by atoms with van der Waals surface area (Å²) in [6.07, 6.45) is 3.93. The average molecular weight is 485 g/mol. The lowest BCUT2D eigenvalue weighted by Crippen LogP contribution is -2.14. The van der Waals surface area contributed by atoms with Crippen LogP contribution < -0.4 is 25.5 Å². The Labute approximate surface area is 207 Å². The SMILES string of the molecule is COc1cc(NC(=O)c2ccccc2)c(OC)cc1NC(=O)/C=C/c1coc2ccc(C)cc2c1=O. The van der Waals surface area contributed by atoms with E-state index in [-0.39, 0.29) is 16.9 Å². The Bertz CT molecular complexity index is 1520. The second-order valence-corrected chi connectivity index (χ2v) is 7.92. The molecule has 0 aliphatic carbocycles. The molecule has 4 aromatic rings. The van der Waals surface area contributed by atoms with E-state index >= 15 is 0 Å². The number of carbonyl (C=O) groups excluding carboxylic acids is 2. The molecule has 1 heterocycles. The van der Waals surface area contributed by atoms with Crippen molar-refractivity contribution >= 4 is 40.2 Å². The largest absolute Gasteiger partial charge is 0.494 e. The molecule has 1 aromatic heterocycles. The fourth-order valence-corrected chi connectivity index (χ4v) is 3.59. The van der Waals surface area contributed by atoms with E-state index in [4.69, 9.17) is 13.9 Å².